The first-order valence-corrected chi connectivity index (χ1v) is 4.13. The van der Waals surface area contributed by atoms with Crippen molar-refractivity contribution in [2.45, 2.75) is 37.3 Å². The molecule has 1 aliphatic carbocycles. The number of azo groups is 1. The van der Waals surface area contributed by atoms with Crippen molar-refractivity contribution in [2.75, 3.05) is 7.11 Å². The van der Waals surface area contributed by atoms with Crippen molar-refractivity contribution in [1.29, 1.82) is 0 Å². The van der Waals surface area contributed by atoms with E-state index in [0.29, 0.717) is 0 Å². The number of nitrogens with zero attached hydrogens (tertiary/aromatic N) is 2. The molecule has 0 aromatic rings. The number of carbonyl (C=O) groups is 1. The van der Waals surface area contributed by atoms with Gasteiger partial charge in [-0.05, 0) is 19.8 Å². The van der Waals surface area contributed by atoms with E-state index >= 15 is 0 Å². The molecule has 1 saturated carbocycles. The molecule has 0 bridgehead atoms. The molecule has 4 heteroatoms. The molecule has 0 saturated heterocycles. The van der Waals surface area contributed by atoms with E-state index in [9.17, 15) is 4.79 Å². The zero-order valence-corrected chi connectivity index (χ0v) is 7.33. The van der Waals surface area contributed by atoms with Crippen LogP contribution in [-0.2, 0) is 9.53 Å². The van der Waals surface area contributed by atoms with E-state index in [1.807, 2.05) is 0 Å². The molecule has 0 radical (unpaired) electrons. The first-order chi connectivity index (χ1) is 5.60. The molecule has 66 valence electrons. The molecule has 0 aromatic heterocycles. The predicted octanol–water partition coefficient (Wildman–Crippen LogP) is 1.31. The van der Waals surface area contributed by atoms with Crippen molar-refractivity contribution in [3.8, 4) is 0 Å². The molecule has 1 aliphatic heterocycles. The van der Waals surface area contributed by atoms with Crippen LogP contribution in [-0.4, -0.2) is 24.2 Å². The van der Waals surface area contributed by atoms with Gasteiger partial charge in [0, 0.05) is 6.42 Å². The van der Waals surface area contributed by atoms with Crippen molar-refractivity contribution < 1.29 is 9.53 Å². The van der Waals surface area contributed by atoms with Crippen LogP contribution < -0.4 is 0 Å². The third-order valence-electron chi connectivity index (χ3n) is 2.61. The van der Waals surface area contributed by atoms with E-state index in [1.165, 1.54) is 7.11 Å². The fourth-order valence-corrected chi connectivity index (χ4v) is 1.68. The number of rotatable bonds is 1. The Hall–Kier alpha value is -0.930. The summed E-state index contributed by atoms with van der Waals surface area (Å²) < 4.78 is 4.67. The topological polar surface area (TPSA) is 51.0 Å². The van der Waals surface area contributed by atoms with Gasteiger partial charge in [0.2, 0.25) is 0 Å². The SMILES string of the molecule is COC(=O)C1(C)CC2(CC2)N=N1. The van der Waals surface area contributed by atoms with Crippen LogP contribution in [0.1, 0.15) is 26.2 Å². The van der Waals surface area contributed by atoms with Crippen LogP contribution in [0.4, 0.5) is 0 Å². The highest BCUT2D eigenvalue weighted by Crippen LogP contribution is 2.51. The van der Waals surface area contributed by atoms with E-state index in [2.05, 4.69) is 15.0 Å². The number of hydrogen-bond acceptors (Lipinski definition) is 4. The summed E-state index contributed by atoms with van der Waals surface area (Å²) in [7, 11) is 1.39. The highest BCUT2D eigenvalue weighted by atomic mass is 16.5. The van der Waals surface area contributed by atoms with Crippen molar-refractivity contribution in [1.82, 2.24) is 0 Å². The summed E-state index contributed by atoms with van der Waals surface area (Å²) >= 11 is 0. The minimum absolute atomic E-state index is 0.0168. The van der Waals surface area contributed by atoms with Gasteiger partial charge in [0.05, 0.1) is 12.6 Å². The number of carbonyl (C=O) groups excluding carboxylic acids is 1. The van der Waals surface area contributed by atoms with Crippen molar-refractivity contribution >= 4 is 5.97 Å². The molecular formula is C8H12N2O2. The van der Waals surface area contributed by atoms with Gasteiger partial charge in [0.1, 0.15) is 0 Å². The summed E-state index contributed by atoms with van der Waals surface area (Å²) in [6, 6.07) is 0. The number of ether oxygens (including phenoxy) is 1. The zero-order chi connectivity index (χ0) is 8.82. The van der Waals surface area contributed by atoms with Crippen LogP contribution in [0.2, 0.25) is 0 Å². The van der Waals surface area contributed by atoms with Crippen LogP contribution in [0, 0.1) is 0 Å². The summed E-state index contributed by atoms with van der Waals surface area (Å²) in [5, 5.41) is 8.13. The van der Waals surface area contributed by atoms with E-state index in [-0.39, 0.29) is 11.5 Å². The fraction of sp³-hybridized carbons (Fsp3) is 0.875. The smallest absolute Gasteiger partial charge is 0.335 e. The van der Waals surface area contributed by atoms with Gasteiger partial charge >= 0.3 is 5.97 Å². The quantitative estimate of drug-likeness (QED) is 0.554. The lowest BCUT2D eigenvalue weighted by Gasteiger charge is -2.15. The maximum atomic E-state index is 11.3. The standard InChI is InChI=1S/C8H12N2O2/c1-7(6(11)12-2)5-8(3-4-8)10-9-7/h3-5H2,1-2H3. The molecule has 1 fully saturated rings. The molecule has 12 heavy (non-hydrogen) atoms. The van der Waals surface area contributed by atoms with Gasteiger partial charge < -0.3 is 4.74 Å². The molecule has 0 amide bonds. The minimum Gasteiger partial charge on any atom is -0.467 e. The maximum Gasteiger partial charge on any atom is 0.335 e. The second kappa shape index (κ2) is 2.06. The van der Waals surface area contributed by atoms with E-state index in [0.717, 1.165) is 19.3 Å². The van der Waals surface area contributed by atoms with Gasteiger partial charge in [-0.25, -0.2) is 4.79 Å². The number of methoxy groups -OCH3 is 1. The van der Waals surface area contributed by atoms with Crippen molar-refractivity contribution in [3.05, 3.63) is 0 Å². The van der Waals surface area contributed by atoms with Crippen molar-refractivity contribution in [3.63, 3.8) is 0 Å². The summed E-state index contributed by atoms with van der Waals surface area (Å²) in [5.41, 5.74) is -0.686. The lowest BCUT2D eigenvalue weighted by atomic mass is 9.95. The van der Waals surface area contributed by atoms with E-state index < -0.39 is 5.54 Å². The fourth-order valence-electron chi connectivity index (χ4n) is 1.68. The molecule has 4 nitrogen and oxygen atoms in total. The maximum absolute atomic E-state index is 11.3. The Labute approximate surface area is 71.0 Å². The molecule has 2 aliphatic rings. The van der Waals surface area contributed by atoms with Gasteiger partial charge in [-0.15, -0.1) is 0 Å². The molecule has 1 spiro atoms. The van der Waals surface area contributed by atoms with E-state index in [1.54, 1.807) is 6.92 Å². The monoisotopic (exact) mass is 168 g/mol. The van der Waals surface area contributed by atoms with Gasteiger partial charge in [0.25, 0.3) is 0 Å². The average Bonchev–Trinajstić information content (AvgIpc) is 2.71. The zero-order valence-electron chi connectivity index (χ0n) is 7.33. The first-order valence-electron chi connectivity index (χ1n) is 4.13. The molecule has 1 unspecified atom stereocenters. The Morgan fingerprint density at radius 3 is 2.50 bits per heavy atom. The summed E-state index contributed by atoms with van der Waals surface area (Å²) in [5.74, 6) is -0.268. The number of hydrogen-bond donors (Lipinski definition) is 0. The first kappa shape index (κ1) is 7.71. The second-order valence-electron chi connectivity index (χ2n) is 3.87. The normalized spacial score (nSPS) is 35.5. The second-order valence-corrected chi connectivity index (χ2v) is 3.87. The van der Waals surface area contributed by atoms with Crippen LogP contribution >= 0.6 is 0 Å². The Morgan fingerprint density at radius 2 is 2.08 bits per heavy atom. The van der Waals surface area contributed by atoms with Crippen molar-refractivity contribution in [2.24, 2.45) is 10.2 Å². The largest absolute Gasteiger partial charge is 0.467 e. The molecule has 2 rings (SSSR count). The highest BCUT2D eigenvalue weighted by molar-refractivity contribution is 5.81. The third kappa shape index (κ3) is 0.940. The Kier molecular flexibility index (Phi) is 1.32. The molecule has 0 aromatic carbocycles. The van der Waals surface area contributed by atoms with Crippen LogP contribution in [0.3, 0.4) is 0 Å². The lowest BCUT2D eigenvalue weighted by molar-refractivity contribution is -0.146. The number of esters is 1. The van der Waals surface area contributed by atoms with Gasteiger partial charge in [0.15, 0.2) is 5.54 Å². The summed E-state index contributed by atoms with van der Waals surface area (Å²) in [6.07, 6.45) is 2.87. The highest BCUT2D eigenvalue weighted by Gasteiger charge is 2.56. The third-order valence-corrected chi connectivity index (χ3v) is 2.61. The van der Waals surface area contributed by atoms with Crippen LogP contribution in [0.25, 0.3) is 0 Å². The minimum atomic E-state index is -0.703. The molecular weight excluding hydrogens is 156 g/mol. The molecule has 1 atom stereocenters. The Balaban J connectivity index is 2.15. The lowest BCUT2D eigenvalue weighted by Crippen LogP contribution is -2.34. The van der Waals surface area contributed by atoms with Gasteiger partial charge in [-0.3, -0.25) is 0 Å². The molecule has 1 heterocycles. The van der Waals surface area contributed by atoms with Crippen LogP contribution in [0.15, 0.2) is 10.2 Å². The van der Waals surface area contributed by atoms with Crippen LogP contribution in [0.5, 0.6) is 0 Å². The van der Waals surface area contributed by atoms with E-state index in [4.69, 9.17) is 0 Å². The molecule has 0 N–H and O–H groups in total. The Morgan fingerprint density at radius 1 is 1.42 bits per heavy atom. The van der Waals surface area contributed by atoms with Gasteiger partial charge in [-0.1, -0.05) is 0 Å². The Bertz CT molecular complexity index is 258. The summed E-state index contributed by atoms with van der Waals surface area (Å²) in [6.45, 7) is 1.79. The predicted molar refractivity (Wildman–Crippen MR) is 41.9 cm³/mol. The van der Waals surface area contributed by atoms with Gasteiger partial charge in [-0.2, -0.15) is 10.2 Å². The average molecular weight is 168 g/mol. The summed E-state index contributed by atoms with van der Waals surface area (Å²) in [4.78, 5) is 11.3.